The molecule has 0 saturated carbocycles. The van der Waals surface area contributed by atoms with Crippen LogP contribution < -0.4 is 0 Å². The second-order valence-electron chi connectivity index (χ2n) is 5.45. The lowest BCUT2D eigenvalue weighted by Crippen LogP contribution is -2.19. The van der Waals surface area contributed by atoms with Crippen LogP contribution in [0.25, 0.3) is 22.6 Å². The fraction of sp³-hybridized carbons (Fsp3) is 0.312. The second kappa shape index (κ2) is 6.33. The SMILES string of the molecule is Clc1nc(I)nc2c1nc(-c1ccccc1)n2C1CCCCO1. The summed E-state index contributed by atoms with van der Waals surface area (Å²) in [6, 6.07) is 10.1. The average Bonchev–Trinajstić information content (AvgIpc) is 2.96. The Morgan fingerprint density at radius 1 is 1.13 bits per heavy atom. The molecule has 5 nitrogen and oxygen atoms in total. The Balaban J connectivity index is 1.98. The molecule has 7 heteroatoms. The number of hydrogen-bond donors (Lipinski definition) is 0. The second-order valence-corrected chi connectivity index (χ2v) is 6.77. The van der Waals surface area contributed by atoms with E-state index in [0.29, 0.717) is 14.5 Å². The molecule has 1 atom stereocenters. The number of aromatic nitrogens is 4. The standard InChI is InChI=1S/C16H14ClIN4O/c17-13-12-15(21-16(18)20-13)22(11-8-4-5-9-23-11)14(19-12)10-6-2-1-3-7-10/h1-3,6-7,11H,4-5,8-9H2. The largest absolute Gasteiger partial charge is 0.358 e. The minimum Gasteiger partial charge on any atom is -0.358 e. The van der Waals surface area contributed by atoms with E-state index in [1.807, 2.05) is 30.3 Å². The van der Waals surface area contributed by atoms with Gasteiger partial charge in [0.05, 0.1) is 0 Å². The highest BCUT2D eigenvalue weighted by molar-refractivity contribution is 14.1. The van der Waals surface area contributed by atoms with Crippen LogP contribution in [-0.4, -0.2) is 26.1 Å². The van der Waals surface area contributed by atoms with Gasteiger partial charge >= 0.3 is 0 Å². The van der Waals surface area contributed by atoms with Crippen LogP contribution in [0.1, 0.15) is 25.5 Å². The third kappa shape index (κ3) is 2.83. The Morgan fingerprint density at radius 3 is 2.70 bits per heavy atom. The molecule has 0 radical (unpaired) electrons. The summed E-state index contributed by atoms with van der Waals surface area (Å²) in [5.41, 5.74) is 2.38. The number of nitrogens with zero attached hydrogens (tertiary/aromatic N) is 4. The van der Waals surface area contributed by atoms with Gasteiger partial charge in [0, 0.05) is 34.8 Å². The Hall–Kier alpha value is -1.25. The monoisotopic (exact) mass is 440 g/mol. The van der Waals surface area contributed by atoms with E-state index >= 15 is 0 Å². The Labute approximate surface area is 152 Å². The third-order valence-corrected chi connectivity index (χ3v) is 4.69. The van der Waals surface area contributed by atoms with E-state index in [1.54, 1.807) is 0 Å². The fourth-order valence-electron chi connectivity index (χ4n) is 2.91. The molecule has 0 aliphatic carbocycles. The molecule has 1 aromatic carbocycles. The average molecular weight is 441 g/mol. The highest BCUT2D eigenvalue weighted by Gasteiger charge is 2.25. The smallest absolute Gasteiger partial charge is 0.194 e. The van der Waals surface area contributed by atoms with Crippen LogP contribution in [0.15, 0.2) is 30.3 Å². The lowest BCUT2D eigenvalue weighted by atomic mass is 10.1. The maximum Gasteiger partial charge on any atom is 0.194 e. The number of imidazole rings is 1. The summed E-state index contributed by atoms with van der Waals surface area (Å²) in [5, 5.41) is 0.381. The van der Waals surface area contributed by atoms with Gasteiger partial charge in [-0.3, -0.25) is 4.57 Å². The maximum absolute atomic E-state index is 6.30. The van der Waals surface area contributed by atoms with Gasteiger partial charge in [-0.15, -0.1) is 0 Å². The van der Waals surface area contributed by atoms with E-state index in [4.69, 9.17) is 21.3 Å². The van der Waals surface area contributed by atoms with Crippen molar-refractivity contribution in [1.82, 2.24) is 19.5 Å². The van der Waals surface area contributed by atoms with E-state index in [1.165, 1.54) is 0 Å². The van der Waals surface area contributed by atoms with E-state index in [9.17, 15) is 0 Å². The van der Waals surface area contributed by atoms with Crippen LogP contribution in [0.3, 0.4) is 0 Å². The number of hydrogen-bond acceptors (Lipinski definition) is 4. The molecule has 3 aromatic rings. The quantitative estimate of drug-likeness (QED) is 0.336. The van der Waals surface area contributed by atoms with Crippen molar-refractivity contribution in [1.29, 1.82) is 0 Å². The third-order valence-electron chi connectivity index (χ3n) is 3.95. The maximum atomic E-state index is 6.30. The first kappa shape index (κ1) is 15.3. The molecule has 1 unspecified atom stereocenters. The molecule has 0 spiro atoms. The molecule has 4 rings (SSSR count). The summed E-state index contributed by atoms with van der Waals surface area (Å²) in [6.45, 7) is 0.758. The molecule has 23 heavy (non-hydrogen) atoms. The molecular weight excluding hydrogens is 427 g/mol. The van der Waals surface area contributed by atoms with Crippen molar-refractivity contribution in [2.75, 3.05) is 6.61 Å². The van der Waals surface area contributed by atoms with E-state index < -0.39 is 0 Å². The number of rotatable bonds is 2. The summed E-state index contributed by atoms with van der Waals surface area (Å²) in [4.78, 5) is 13.5. The first-order valence-electron chi connectivity index (χ1n) is 7.52. The van der Waals surface area contributed by atoms with Gasteiger partial charge in [-0.1, -0.05) is 41.9 Å². The van der Waals surface area contributed by atoms with Crippen LogP contribution in [0.5, 0.6) is 0 Å². The highest BCUT2D eigenvalue weighted by atomic mass is 127. The van der Waals surface area contributed by atoms with Crippen LogP contribution in [0.2, 0.25) is 5.15 Å². The zero-order valence-corrected chi connectivity index (χ0v) is 15.2. The highest BCUT2D eigenvalue weighted by Crippen LogP contribution is 2.34. The van der Waals surface area contributed by atoms with Gasteiger partial charge in [0.15, 0.2) is 14.6 Å². The van der Waals surface area contributed by atoms with Gasteiger partial charge in [0.1, 0.15) is 17.6 Å². The van der Waals surface area contributed by atoms with Crippen LogP contribution in [0, 0.1) is 3.83 Å². The number of ether oxygens (including phenoxy) is 1. The van der Waals surface area contributed by atoms with Crippen molar-refractivity contribution in [3.05, 3.63) is 39.3 Å². The van der Waals surface area contributed by atoms with E-state index in [0.717, 1.165) is 42.9 Å². The Morgan fingerprint density at radius 2 is 1.96 bits per heavy atom. The summed E-state index contributed by atoms with van der Waals surface area (Å²) in [7, 11) is 0. The molecule has 1 aliphatic heterocycles. The van der Waals surface area contributed by atoms with Gasteiger partial charge in [-0.25, -0.2) is 15.0 Å². The molecule has 0 bridgehead atoms. The molecule has 2 aromatic heterocycles. The van der Waals surface area contributed by atoms with E-state index in [2.05, 4.69) is 37.1 Å². The molecule has 1 saturated heterocycles. The van der Waals surface area contributed by atoms with Crippen LogP contribution in [-0.2, 0) is 4.74 Å². The van der Waals surface area contributed by atoms with Crippen LogP contribution in [0.4, 0.5) is 0 Å². The van der Waals surface area contributed by atoms with Crippen molar-refractivity contribution in [2.24, 2.45) is 0 Å². The predicted octanol–water partition coefficient (Wildman–Crippen LogP) is 4.45. The molecule has 0 amide bonds. The summed E-state index contributed by atoms with van der Waals surface area (Å²) in [6.07, 6.45) is 3.11. The molecule has 1 fully saturated rings. The fourth-order valence-corrected chi connectivity index (χ4v) is 3.73. The summed E-state index contributed by atoms with van der Waals surface area (Å²) in [5.74, 6) is 0.825. The first-order valence-corrected chi connectivity index (χ1v) is 8.98. The van der Waals surface area contributed by atoms with Crippen molar-refractivity contribution in [3.8, 4) is 11.4 Å². The van der Waals surface area contributed by atoms with E-state index in [-0.39, 0.29) is 6.23 Å². The predicted molar refractivity (Wildman–Crippen MR) is 97.3 cm³/mol. The minimum atomic E-state index is -0.0641. The lowest BCUT2D eigenvalue weighted by Gasteiger charge is -2.25. The zero-order valence-electron chi connectivity index (χ0n) is 12.2. The lowest BCUT2D eigenvalue weighted by molar-refractivity contribution is -0.0287. The summed E-state index contributed by atoms with van der Waals surface area (Å²) >= 11 is 8.38. The van der Waals surface area contributed by atoms with Gasteiger partial charge in [-0.2, -0.15) is 0 Å². The van der Waals surface area contributed by atoms with Gasteiger partial charge in [0.2, 0.25) is 0 Å². The van der Waals surface area contributed by atoms with Crippen LogP contribution >= 0.6 is 34.2 Å². The van der Waals surface area contributed by atoms with Crippen molar-refractivity contribution >= 4 is 45.4 Å². The molecule has 0 N–H and O–H groups in total. The number of halogens is 2. The minimum absolute atomic E-state index is 0.0641. The Kier molecular flexibility index (Phi) is 4.21. The van der Waals surface area contributed by atoms with Gasteiger partial charge in [0.25, 0.3) is 0 Å². The molecule has 1 aliphatic rings. The summed E-state index contributed by atoms with van der Waals surface area (Å²) < 4.78 is 8.67. The van der Waals surface area contributed by atoms with Crippen molar-refractivity contribution < 1.29 is 4.74 Å². The van der Waals surface area contributed by atoms with Gasteiger partial charge in [-0.05, 0) is 19.3 Å². The topological polar surface area (TPSA) is 52.8 Å². The Bertz CT molecular complexity index is 846. The molecule has 118 valence electrons. The number of fused-ring (bicyclic) bond motifs is 1. The molecular formula is C16H14ClIN4O. The zero-order chi connectivity index (χ0) is 15.8. The van der Waals surface area contributed by atoms with Gasteiger partial charge < -0.3 is 4.74 Å². The number of benzene rings is 1. The molecule has 3 heterocycles. The normalized spacial score (nSPS) is 18.4. The van der Waals surface area contributed by atoms with Crippen molar-refractivity contribution in [3.63, 3.8) is 0 Å². The first-order chi connectivity index (χ1) is 11.2. The van der Waals surface area contributed by atoms with Crippen molar-refractivity contribution in [2.45, 2.75) is 25.5 Å².